The summed E-state index contributed by atoms with van der Waals surface area (Å²) in [7, 11) is 7.27. The fourth-order valence-corrected chi connectivity index (χ4v) is 3.82. The van der Waals surface area contributed by atoms with E-state index in [2.05, 4.69) is 10.2 Å². The van der Waals surface area contributed by atoms with Crippen molar-refractivity contribution in [2.45, 2.75) is 12.5 Å². The Hall–Kier alpha value is -1.60. The predicted molar refractivity (Wildman–Crippen MR) is 99.6 cm³/mol. The van der Waals surface area contributed by atoms with E-state index in [1.807, 2.05) is 42.9 Å². The molecule has 0 saturated carbocycles. The number of amides is 2. The second-order valence-electron chi connectivity index (χ2n) is 6.03. The average molecular weight is 353 g/mol. The summed E-state index contributed by atoms with van der Waals surface area (Å²) < 4.78 is 10.6. The number of nitrogens with one attached hydrogen (secondary N) is 1. The molecule has 24 heavy (non-hydrogen) atoms. The highest BCUT2D eigenvalue weighted by molar-refractivity contribution is 7.99. The van der Waals surface area contributed by atoms with Crippen LogP contribution in [0.5, 0.6) is 11.5 Å². The Kier molecular flexibility index (Phi) is 7.05. The third-order valence-corrected chi connectivity index (χ3v) is 5.12. The summed E-state index contributed by atoms with van der Waals surface area (Å²) in [6.07, 6.45) is 1.02. The molecule has 1 atom stereocenters. The number of likely N-dealkylation sites (N-methyl/N-ethyl adjacent to an activating group) is 1. The Morgan fingerprint density at radius 1 is 1.38 bits per heavy atom. The van der Waals surface area contributed by atoms with Gasteiger partial charge in [-0.1, -0.05) is 0 Å². The molecule has 1 unspecified atom stereocenters. The molecule has 0 radical (unpaired) electrons. The monoisotopic (exact) mass is 353 g/mol. The summed E-state index contributed by atoms with van der Waals surface area (Å²) in [4.78, 5) is 16.9. The van der Waals surface area contributed by atoms with Crippen LogP contribution in [0.4, 0.5) is 10.5 Å². The maximum Gasteiger partial charge on any atom is 0.322 e. The number of carbonyl (C=O) groups excluding carboxylic acids is 1. The van der Waals surface area contributed by atoms with Crippen LogP contribution < -0.4 is 14.8 Å². The molecule has 1 aliphatic rings. The van der Waals surface area contributed by atoms with Crippen molar-refractivity contribution in [3.63, 3.8) is 0 Å². The average Bonchev–Trinajstić information content (AvgIpc) is 2.80. The van der Waals surface area contributed by atoms with Gasteiger partial charge in [0.2, 0.25) is 0 Å². The predicted octanol–water partition coefficient (Wildman–Crippen LogP) is 2.60. The highest BCUT2D eigenvalue weighted by Gasteiger charge is 2.26. The van der Waals surface area contributed by atoms with E-state index in [0.29, 0.717) is 17.2 Å². The summed E-state index contributed by atoms with van der Waals surface area (Å²) in [6, 6.07) is 5.52. The normalized spacial score (nSPS) is 18.2. The Labute approximate surface area is 148 Å². The lowest BCUT2D eigenvalue weighted by Gasteiger charge is -2.31. The lowest BCUT2D eigenvalue weighted by molar-refractivity contribution is 0.180. The van der Waals surface area contributed by atoms with Crippen molar-refractivity contribution in [2.24, 2.45) is 0 Å². The first-order valence-electron chi connectivity index (χ1n) is 8.07. The van der Waals surface area contributed by atoms with Gasteiger partial charge in [-0.15, -0.1) is 0 Å². The highest BCUT2D eigenvalue weighted by Crippen LogP contribution is 2.29. The molecule has 1 saturated heterocycles. The molecule has 1 aromatic carbocycles. The number of methoxy groups -OCH3 is 2. The van der Waals surface area contributed by atoms with Crippen molar-refractivity contribution >= 4 is 23.5 Å². The number of rotatable bonds is 5. The quantitative estimate of drug-likeness (QED) is 0.882. The van der Waals surface area contributed by atoms with Crippen molar-refractivity contribution in [2.75, 3.05) is 58.2 Å². The molecule has 0 bridgehead atoms. The first kappa shape index (κ1) is 18.7. The third-order valence-electron chi connectivity index (χ3n) is 3.93. The number of hydrogen-bond acceptors (Lipinski definition) is 5. The standard InChI is InChI=1S/C17H27N3O3S/c1-19(2)11-13-12-24-9-5-8-20(13)17(21)18-15-7-6-14(22-3)10-16(15)23-4/h6-7,10,13H,5,8-9,11-12H2,1-4H3,(H,18,21). The molecule has 0 spiro atoms. The number of anilines is 1. The smallest absolute Gasteiger partial charge is 0.322 e. The van der Waals surface area contributed by atoms with E-state index >= 15 is 0 Å². The van der Waals surface area contributed by atoms with Crippen LogP contribution in [0.3, 0.4) is 0 Å². The van der Waals surface area contributed by atoms with Gasteiger partial charge in [0.15, 0.2) is 0 Å². The lowest BCUT2D eigenvalue weighted by Crippen LogP contribution is -2.48. The van der Waals surface area contributed by atoms with Gasteiger partial charge >= 0.3 is 6.03 Å². The highest BCUT2D eigenvalue weighted by atomic mass is 32.2. The van der Waals surface area contributed by atoms with Crippen molar-refractivity contribution in [1.29, 1.82) is 0 Å². The fraction of sp³-hybridized carbons (Fsp3) is 0.588. The molecular formula is C17H27N3O3S. The van der Waals surface area contributed by atoms with Crippen molar-refractivity contribution in [3.8, 4) is 11.5 Å². The molecular weight excluding hydrogens is 326 g/mol. The lowest BCUT2D eigenvalue weighted by atomic mass is 10.2. The maximum atomic E-state index is 12.8. The van der Waals surface area contributed by atoms with Gasteiger partial charge in [0.1, 0.15) is 11.5 Å². The van der Waals surface area contributed by atoms with E-state index in [-0.39, 0.29) is 12.1 Å². The van der Waals surface area contributed by atoms with Crippen LogP contribution in [0, 0.1) is 0 Å². The SMILES string of the molecule is COc1ccc(NC(=O)N2CCCSCC2CN(C)C)c(OC)c1. The fourth-order valence-electron chi connectivity index (χ4n) is 2.76. The third kappa shape index (κ3) is 4.95. The van der Waals surface area contributed by atoms with Crippen LogP contribution in [0.1, 0.15) is 6.42 Å². The molecule has 6 nitrogen and oxygen atoms in total. The van der Waals surface area contributed by atoms with Crippen LogP contribution in [-0.4, -0.2) is 74.8 Å². The van der Waals surface area contributed by atoms with Crippen LogP contribution in [0.2, 0.25) is 0 Å². The first-order valence-corrected chi connectivity index (χ1v) is 9.22. The molecule has 1 N–H and O–H groups in total. The van der Waals surface area contributed by atoms with E-state index in [1.165, 1.54) is 0 Å². The minimum Gasteiger partial charge on any atom is -0.497 e. The Bertz CT molecular complexity index is 554. The van der Waals surface area contributed by atoms with E-state index in [1.54, 1.807) is 20.3 Å². The summed E-state index contributed by atoms with van der Waals surface area (Å²) in [6.45, 7) is 1.63. The zero-order valence-corrected chi connectivity index (χ0v) is 15.7. The van der Waals surface area contributed by atoms with Crippen LogP contribution in [0.25, 0.3) is 0 Å². The molecule has 1 aliphatic heterocycles. The van der Waals surface area contributed by atoms with Gasteiger partial charge in [-0.3, -0.25) is 0 Å². The van der Waals surface area contributed by atoms with Gasteiger partial charge < -0.3 is 24.6 Å². The van der Waals surface area contributed by atoms with Crippen molar-refractivity contribution < 1.29 is 14.3 Å². The van der Waals surface area contributed by atoms with Crippen molar-refractivity contribution in [1.82, 2.24) is 9.80 Å². The van der Waals surface area contributed by atoms with E-state index < -0.39 is 0 Å². The van der Waals surface area contributed by atoms with Crippen molar-refractivity contribution in [3.05, 3.63) is 18.2 Å². The molecule has 0 aliphatic carbocycles. The number of carbonyl (C=O) groups is 1. The topological polar surface area (TPSA) is 54.0 Å². The zero-order chi connectivity index (χ0) is 17.5. The largest absolute Gasteiger partial charge is 0.497 e. The van der Waals surface area contributed by atoms with Gasteiger partial charge in [0, 0.05) is 24.9 Å². The van der Waals surface area contributed by atoms with Gasteiger partial charge in [0.05, 0.1) is 25.9 Å². The molecule has 0 aromatic heterocycles. The molecule has 2 rings (SSSR count). The number of urea groups is 1. The summed E-state index contributed by atoms with van der Waals surface area (Å²) in [5.74, 6) is 3.35. The van der Waals surface area contributed by atoms with Crippen LogP contribution in [-0.2, 0) is 0 Å². The minimum absolute atomic E-state index is 0.0761. The Morgan fingerprint density at radius 2 is 2.17 bits per heavy atom. The zero-order valence-electron chi connectivity index (χ0n) is 14.9. The molecule has 1 aromatic rings. The number of benzene rings is 1. The summed E-state index contributed by atoms with van der Waals surface area (Å²) >= 11 is 1.92. The number of hydrogen-bond donors (Lipinski definition) is 1. The first-order chi connectivity index (χ1) is 11.5. The number of nitrogens with zero attached hydrogens (tertiary/aromatic N) is 2. The van der Waals surface area contributed by atoms with E-state index in [4.69, 9.17) is 9.47 Å². The van der Waals surface area contributed by atoms with Gasteiger partial charge in [-0.2, -0.15) is 11.8 Å². The van der Waals surface area contributed by atoms with E-state index in [9.17, 15) is 4.79 Å². The van der Waals surface area contributed by atoms with Crippen LogP contribution >= 0.6 is 11.8 Å². The number of thioether (sulfide) groups is 1. The summed E-state index contributed by atoms with van der Waals surface area (Å²) in [5, 5.41) is 2.99. The molecule has 7 heteroatoms. The van der Waals surface area contributed by atoms with E-state index in [0.717, 1.165) is 31.0 Å². The molecule has 2 amide bonds. The Morgan fingerprint density at radius 3 is 2.83 bits per heavy atom. The molecule has 1 fully saturated rings. The Balaban J connectivity index is 2.14. The summed E-state index contributed by atoms with van der Waals surface area (Å²) in [5.41, 5.74) is 0.656. The molecule has 1 heterocycles. The van der Waals surface area contributed by atoms with Gasteiger partial charge in [-0.05, 0) is 38.4 Å². The second kappa shape index (κ2) is 9.03. The second-order valence-corrected chi connectivity index (χ2v) is 7.18. The number of ether oxygens (including phenoxy) is 2. The maximum absolute atomic E-state index is 12.8. The van der Waals surface area contributed by atoms with Gasteiger partial charge in [-0.25, -0.2) is 4.79 Å². The van der Waals surface area contributed by atoms with Crippen LogP contribution in [0.15, 0.2) is 18.2 Å². The molecule has 134 valence electrons. The van der Waals surface area contributed by atoms with Gasteiger partial charge in [0.25, 0.3) is 0 Å². The minimum atomic E-state index is -0.0761.